The average Bonchev–Trinajstić information content (AvgIpc) is 2.73. The lowest BCUT2D eigenvalue weighted by Crippen LogP contribution is -2.40. The first-order chi connectivity index (χ1) is 14.0. The van der Waals surface area contributed by atoms with Crippen LogP contribution in [0.2, 0.25) is 0 Å². The van der Waals surface area contributed by atoms with Crippen molar-refractivity contribution in [3.05, 3.63) is 75.5 Å². The van der Waals surface area contributed by atoms with Crippen molar-refractivity contribution in [2.45, 2.75) is 36.5 Å². The fourth-order valence-electron chi connectivity index (χ4n) is 4.14. The third kappa shape index (κ3) is 3.58. The highest BCUT2D eigenvalue weighted by molar-refractivity contribution is 7.98. The number of amides is 1. The van der Waals surface area contributed by atoms with E-state index < -0.39 is 4.92 Å². The van der Waals surface area contributed by atoms with E-state index in [1.807, 2.05) is 30.5 Å². The van der Waals surface area contributed by atoms with Crippen LogP contribution in [0.5, 0.6) is 0 Å². The van der Waals surface area contributed by atoms with Crippen molar-refractivity contribution in [1.82, 2.24) is 0 Å². The Bertz CT molecular complexity index is 1010. The molecule has 4 rings (SSSR count). The predicted molar refractivity (Wildman–Crippen MR) is 112 cm³/mol. The summed E-state index contributed by atoms with van der Waals surface area (Å²) in [6.45, 7) is 0. The number of allylic oxidation sites excluding steroid dienone is 2. The molecule has 0 aromatic heterocycles. The standard InChI is InChI=1S/C22H20N2O4S/c1-29-17-11-5-14(6-12-17)18-13-21(26)23(19-3-2-4-20(25)22(18)19)15-7-9-16(10-8-15)24(27)28/h5-12,18H,2-4,13H2,1H3. The number of nitro benzene ring substituents is 1. The molecule has 6 nitrogen and oxygen atoms in total. The number of benzene rings is 2. The van der Waals surface area contributed by atoms with E-state index in [9.17, 15) is 19.7 Å². The summed E-state index contributed by atoms with van der Waals surface area (Å²) in [6.07, 6.45) is 4.04. The van der Waals surface area contributed by atoms with Crippen LogP contribution in [0.3, 0.4) is 0 Å². The molecule has 0 saturated carbocycles. The molecule has 0 fully saturated rings. The molecule has 29 heavy (non-hydrogen) atoms. The third-order valence-electron chi connectivity index (χ3n) is 5.51. The van der Waals surface area contributed by atoms with Crippen LogP contribution >= 0.6 is 11.8 Å². The van der Waals surface area contributed by atoms with Crippen LogP contribution in [-0.4, -0.2) is 22.9 Å². The number of hydrogen-bond donors (Lipinski definition) is 0. The van der Waals surface area contributed by atoms with Gasteiger partial charge >= 0.3 is 0 Å². The van der Waals surface area contributed by atoms with Crippen molar-refractivity contribution in [2.24, 2.45) is 0 Å². The Labute approximate surface area is 172 Å². The van der Waals surface area contributed by atoms with Crippen LogP contribution in [0.4, 0.5) is 11.4 Å². The molecule has 2 aliphatic rings. The second-order valence-corrected chi connectivity index (χ2v) is 8.05. The topological polar surface area (TPSA) is 80.5 Å². The number of thioether (sulfide) groups is 1. The number of non-ortho nitro benzene ring substituents is 1. The van der Waals surface area contributed by atoms with Crippen molar-refractivity contribution >= 4 is 34.8 Å². The molecule has 0 radical (unpaired) electrons. The molecule has 1 atom stereocenters. The van der Waals surface area contributed by atoms with E-state index in [-0.39, 0.29) is 29.7 Å². The third-order valence-corrected chi connectivity index (χ3v) is 6.26. The molecule has 1 aliphatic carbocycles. The molecule has 2 aromatic rings. The number of nitro groups is 1. The quantitative estimate of drug-likeness (QED) is 0.411. The summed E-state index contributed by atoms with van der Waals surface area (Å²) in [5.41, 5.74) is 2.97. The zero-order valence-electron chi connectivity index (χ0n) is 16.0. The summed E-state index contributed by atoms with van der Waals surface area (Å²) in [7, 11) is 0. The second-order valence-electron chi connectivity index (χ2n) is 7.17. The molecule has 0 bridgehead atoms. The van der Waals surface area contributed by atoms with Gasteiger partial charge in [-0.3, -0.25) is 24.6 Å². The van der Waals surface area contributed by atoms with Crippen LogP contribution in [-0.2, 0) is 9.59 Å². The Hall–Kier alpha value is -2.93. The van der Waals surface area contributed by atoms with E-state index in [1.54, 1.807) is 28.8 Å². The summed E-state index contributed by atoms with van der Waals surface area (Å²) in [6, 6.07) is 14.0. The van der Waals surface area contributed by atoms with Crippen LogP contribution in [0.25, 0.3) is 0 Å². The highest BCUT2D eigenvalue weighted by Crippen LogP contribution is 2.43. The first-order valence-electron chi connectivity index (χ1n) is 9.47. The van der Waals surface area contributed by atoms with E-state index in [0.29, 0.717) is 30.5 Å². The van der Waals surface area contributed by atoms with Crippen molar-refractivity contribution in [2.75, 3.05) is 11.2 Å². The van der Waals surface area contributed by atoms with Gasteiger partial charge in [-0.2, -0.15) is 0 Å². The molecule has 0 N–H and O–H groups in total. The number of anilines is 1. The van der Waals surface area contributed by atoms with Crippen LogP contribution in [0, 0.1) is 10.1 Å². The first-order valence-corrected chi connectivity index (χ1v) is 10.7. The Morgan fingerprint density at radius 3 is 2.34 bits per heavy atom. The van der Waals surface area contributed by atoms with E-state index in [1.165, 1.54) is 12.1 Å². The number of Topliss-reactive ketones (excluding diaryl/α,β-unsaturated/α-hetero) is 1. The molecule has 1 unspecified atom stereocenters. The van der Waals surface area contributed by atoms with Gasteiger partial charge in [-0.25, -0.2) is 0 Å². The molecule has 1 amide bonds. The van der Waals surface area contributed by atoms with Crippen molar-refractivity contribution in [3.63, 3.8) is 0 Å². The minimum absolute atomic E-state index is 0.0288. The minimum Gasteiger partial charge on any atom is -0.294 e. The van der Waals surface area contributed by atoms with Gasteiger partial charge in [0, 0.05) is 52.7 Å². The van der Waals surface area contributed by atoms with Crippen LogP contribution in [0.1, 0.15) is 37.2 Å². The van der Waals surface area contributed by atoms with E-state index in [0.717, 1.165) is 16.2 Å². The zero-order chi connectivity index (χ0) is 20.5. The molecule has 1 aliphatic heterocycles. The van der Waals surface area contributed by atoms with Gasteiger partial charge in [-0.15, -0.1) is 11.8 Å². The molecule has 148 valence electrons. The summed E-state index contributed by atoms with van der Waals surface area (Å²) in [5, 5.41) is 10.9. The lowest BCUT2D eigenvalue weighted by Gasteiger charge is -2.38. The van der Waals surface area contributed by atoms with Crippen molar-refractivity contribution < 1.29 is 14.5 Å². The van der Waals surface area contributed by atoms with Crippen molar-refractivity contribution in [1.29, 1.82) is 0 Å². The molecular formula is C22H20N2O4S. The van der Waals surface area contributed by atoms with E-state index in [4.69, 9.17) is 0 Å². The second kappa shape index (κ2) is 7.83. The van der Waals surface area contributed by atoms with Gasteiger partial charge in [0.25, 0.3) is 5.69 Å². The van der Waals surface area contributed by atoms with Gasteiger partial charge < -0.3 is 0 Å². The highest BCUT2D eigenvalue weighted by Gasteiger charge is 2.39. The van der Waals surface area contributed by atoms with Crippen LogP contribution in [0.15, 0.2) is 64.7 Å². The van der Waals surface area contributed by atoms with E-state index >= 15 is 0 Å². The SMILES string of the molecule is CSc1ccc(C2CC(=O)N(c3ccc([N+](=O)[O-])cc3)C3=C2C(=O)CCC3)cc1. The highest BCUT2D eigenvalue weighted by atomic mass is 32.2. The van der Waals surface area contributed by atoms with Gasteiger partial charge in [0.15, 0.2) is 5.78 Å². The lowest BCUT2D eigenvalue weighted by atomic mass is 9.77. The van der Waals surface area contributed by atoms with E-state index in [2.05, 4.69) is 0 Å². The minimum atomic E-state index is -0.467. The van der Waals surface area contributed by atoms with Crippen LogP contribution < -0.4 is 4.90 Å². The number of carbonyl (C=O) groups excluding carboxylic acids is 2. The molecule has 2 aromatic carbocycles. The fraction of sp³-hybridized carbons (Fsp3) is 0.273. The first kappa shape index (κ1) is 19.4. The smallest absolute Gasteiger partial charge is 0.269 e. The van der Waals surface area contributed by atoms with Gasteiger partial charge in [0.1, 0.15) is 0 Å². The average molecular weight is 408 g/mol. The Balaban J connectivity index is 1.78. The predicted octanol–water partition coefficient (Wildman–Crippen LogP) is 4.84. The maximum atomic E-state index is 13.1. The number of ketones is 1. The molecule has 0 spiro atoms. The van der Waals surface area contributed by atoms with Gasteiger partial charge in [-0.1, -0.05) is 12.1 Å². The summed E-state index contributed by atoms with van der Waals surface area (Å²) in [4.78, 5) is 39.2. The molecular weight excluding hydrogens is 388 g/mol. The summed E-state index contributed by atoms with van der Waals surface area (Å²) in [5.74, 6) is -0.244. The number of nitrogens with zero attached hydrogens (tertiary/aromatic N) is 2. The maximum absolute atomic E-state index is 13.1. The molecule has 1 heterocycles. The normalized spacial score (nSPS) is 19.3. The Morgan fingerprint density at radius 2 is 1.72 bits per heavy atom. The fourth-order valence-corrected chi connectivity index (χ4v) is 4.55. The number of carbonyl (C=O) groups is 2. The maximum Gasteiger partial charge on any atom is 0.269 e. The Morgan fingerprint density at radius 1 is 1.03 bits per heavy atom. The summed E-state index contributed by atoms with van der Waals surface area (Å²) >= 11 is 1.65. The Kier molecular flexibility index (Phi) is 5.24. The number of rotatable bonds is 4. The van der Waals surface area contributed by atoms with Crippen molar-refractivity contribution in [3.8, 4) is 0 Å². The van der Waals surface area contributed by atoms with Gasteiger partial charge in [0.2, 0.25) is 5.91 Å². The molecule has 7 heteroatoms. The molecule has 0 saturated heterocycles. The van der Waals surface area contributed by atoms with Gasteiger partial charge in [0.05, 0.1) is 4.92 Å². The monoisotopic (exact) mass is 408 g/mol. The summed E-state index contributed by atoms with van der Waals surface area (Å²) < 4.78 is 0. The lowest BCUT2D eigenvalue weighted by molar-refractivity contribution is -0.384. The van der Waals surface area contributed by atoms with Gasteiger partial charge in [-0.05, 0) is 48.9 Å². The largest absolute Gasteiger partial charge is 0.294 e. The zero-order valence-corrected chi connectivity index (χ0v) is 16.8. The number of hydrogen-bond acceptors (Lipinski definition) is 5.